The summed E-state index contributed by atoms with van der Waals surface area (Å²) < 4.78 is 4.63. The highest BCUT2D eigenvalue weighted by molar-refractivity contribution is 5.95. The van der Waals surface area contributed by atoms with E-state index in [0.717, 1.165) is 18.5 Å². The maximum atomic E-state index is 12.6. The van der Waals surface area contributed by atoms with Gasteiger partial charge >= 0.3 is 5.97 Å². The smallest absolute Gasteiger partial charge is 0.339 e. The Kier molecular flexibility index (Phi) is 4.86. The van der Waals surface area contributed by atoms with E-state index >= 15 is 0 Å². The number of anilines is 1. The summed E-state index contributed by atoms with van der Waals surface area (Å²) in [5.74, 6) is -0.0321. The molecule has 1 aliphatic rings. The van der Waals surface area contributed by atoms with Crippen LogP contribution >= 0.6 is 0 Å². The molecule has 1 aromatic carbocycles. The first-order valence-corrected chi connectivity index (χ1v) is 7.82. The topological polar surface area (TPSA) is 80.3 Å². The highest BCUT2D eigenvalue weighted by atomic mass is 16.5. The van der Waals surface area contributed by atoms with Crippen molar-refractivity contribution in [1.29, 1.82) is 0 Å². The van der Waals surface area contributed by atoms with Crippen LogP contribution in [-0.2, 0) is 9.53 Å². The van der Waals surface area contributed by atoms with Crippen LogP contribution < -0.4 is 10.6 Å². The molecule has 0 aliphatic carbocycles. The van der Waals surface area contributed by atoms with E-state index in [1.807, 2.05) is 30.3 Å². The average Bonchev–Trinajstić information content (AvgIpc) is 3.12. The first-order valence-electron chi connectivity index (χ1n) is 7.82. The van der Waals surface area contributed by atoms with Crippen LogP contribution in [-0.4, -0.2) is 36.6 Å². The van der Waals surface area contributed by atoms with Gasteiger partial charge in [-0.15, -0.1) is 0 Å². The van der Waals surface area contributed by atoms with Gasteiger partial charge < -0.3 is 15.4 Å². The third-order valence-electron chi connectivity index (χ3n) is 4.17. The van der Waals surface area contributed by atoms with E-state index < -0.39 is 5.97 Å². The number of nitrogens with zero attached hydrogens (tertiary/aromatic N) is 1. The van der Waals surface area contributed by atoms with Gasteiger partial charge in [0.1, 0.15) is 5.82 Å². The van der Waals surface area contributed by atoms with Gasteiger partial charge in [-0.2, -0.15) is 0 Å². The lowest BCUT2D eigenvalue weighted by atomic mass is 9.91. The lowest BCUT2D eigenvalue weighted by Gasteiger charge is -2.19. The van der Waals surface area contributed by atoms with E-state index in [2.05, 4.69) is 20.4 Å². The number of rotatable bonds is 4. The molecule has 2 aromatic rings. The Balaban J connectivity index is 1.69. The number of methoxy groups -OCH3 is 1. The Bertz CT molecular complexity index is 716. The van der Waals surface area contributed by atoms with Gasteiger partial charge in [-0.05, 0) is 30.7 Å². The summed E-state index contributed by atoms with van der Waals surface area (Å²) in [6, 6.07) is 12.9. The molecule has 0 saturated carbocycles. The number of nitrogens with one attached hydrogen (secondary N) is 2. The number of esters is 1. The number of hydrogen-bond donors (Lipinski definition) is 2. The Morgan fingerprint density at radius 2 is 2.00 bits per heavy atom. The Hall–Kier alpha value is -2.73. The first-order chi connectivity index (χ1) is 11.7. The summed E-state index contributed by atoms with van der Waals surface area (Å²) in [5, 5.41) is 6.05. The third-order valence-corrected chi connectivity index (χ3v) is 4.17. The van der Waals surface area contributed by atoms with Gasteiger partial charge in [-0.3, -0.25) is 4.79 Å². The zero-order chi connectivity index (χ0) is 16.9. The molecule has 2 atom stereocenters. The molecule has 0 bridgehead atoms. The maximum absolute atomic E-state index is 12.6. The van der Waals surface area contributed by atoms with Crippen molar-refractivity contribution in [2.75, 3.05) is 19.0 Å². The van der Waals surface area contributed by atoms with Gasteiger partial charge in [0, 0.05) is 12.1 Å². The maximum Gasteiger partial charge on any atom is 0.339 e. The van der Waals surface area contributed by atoms with Crippen LogP contribution in [0, 0.1) is 0 Å². The zero-order valence-corrected chi connectivity index (χ0v) is 13.4. The number of ether oxygens (including phenoxy) is 1. The van der Waals surface area contributed by atoms with E-state index in [4.69, 9.17) is 0 Å². The number of benzene rings is 1. The van der Waals surface area contributed by atoms with Crippen molar-refractivity contribution in [3.63, 3.8) is 0 Å². The Labute approximate surface area is 140 Å². The summed E-state index contributed by atoms with van der Waals surface area (Å²) in [6.07, 6.45) is 2.30. The van der Waals surface area contributed by atoms with Crippen LogP contribution in [0.2, 0.25) is 0 Å². The standard InChI is InChI=1S/C18H19N3O3/c1-24-18(23)13-7-8-15(20-11-13)21-17(22)16-14(9-10-19-16)12-5-3-2-4-6-12/h2-8,11,14,16,19H,9-10H2,1H3,(H,20,21,22)/t14-,16+/m1/s1. The van der Waals surface area contributed by atoms with Crippen molar-refractivity contribution in [3.05, 3.63) is 59.8 Å². The quantitative estimate of drug-likeness (QED) is 0.840. The molecular formula is C18H19N3O3. The lowest BCUT2D eigenvalue weighted by Crippen LogP contribution is -2.39. The third kappa shape index (κ3) is 3.44. The average molecular weight is 325 g/mol. The molecule has 3 rings (SSSR count). The predicted octanol–water partition coefficient (Wildman–Crippen LogP) is 1.95. The summed E-state index contributed by atoms with van der Waals surface area (Å²) in [7, 11) is 1.31. The Morgan fingerprint density at radius 1 is 1.21 bits per heavy atom. The lowest BCUT2D eigenvalue weighted by molar-refractivity contribution is -0.118. The number of hydrogen-bond acceptors (Lipinski definition) is 5. The number of amides is 1. The van der Waals surface area contributed by atoms with Gasteiger partial charge in [0.05, 0.1) is 18.7 Å². The summed E-state index contributed by atoms with van der Waals surface area (Å²) in [5.41, 5.74) is 1.49. The van der Waals surface area contributed by atoms with Gasteiger partial charge in [-0.1, -0.05) is 30.3 Å². The van der Waals surface area contributed by atoms with Gasteiger partial charge in [0.25, 0.3) is 0 Å². The van der Waals surface area contributed by atoms with Crippen LogP contribution in [0.5, 0.6) is 0 Å². The molecule has 1 saturated heterocycles. The molecule has 6 nitrogen and oxygen atoms in total. The van der Waals surface area contributed by atoms with Crippen LogP contribution in [0.3, 0.4) is 0 Å². The van der Waals surface area contributed by atoms with E-state index in [1.165, 1.54) is 13.3 Å². The molecule has 0 unspecified atom stereocenters. The molecule has 1 aliphatic heterocycles. The van der Waals surface area contributed by atoms with Crippen LogP contribution in [0.15, 0.2) is 48.7 Å². The van der Waals surface area contributed by atoms with E-state index in [-0.39, 0.29) is 17.9 Å². The van der Waals surface area contributed by atoms with Crippen LogP contribution in [0.1, 0.15) is 28.3 Å². The summed E-state index contributed by atoms with van der Waals surface area (Å²) >= 11 is 0. The molecule has 0 radical (unpaired) electrons. The fourth-order valence-corrected chi connectivity index (χ4v) is 2.95. The number of carbonyl (C=O) groups excluding carboxylic acids is 2. The summed E-state index contributed by atoms with van der Waals surface area (Å²) in [4.78, 5) is 28.1. The highest BCUT2D eigenvalue weighted by Gasteiger charge is 2.33. The van der Waals surface area contributed by atoms with E-state index in [1.54, 1.807) is 12.1 Å². The second-order valence-corrected chi connectivity index (χ2v) is 5.65. The second-order valence-electron chi connectivity index (χ2n) is 5.65. The van der Waals surface area contributed by atoms with Crippen molar-refractivity contribution in [3.8, 4) is 0 Å². The minimum Gasteiger partial charge on any atom is -0.465 e. The van der Waals surface area contributed by atoms with Crippen molar-refractivity contribution < 1.29 is 14.3 Å². The van der Waals surface area contributed by atoms with E-state index in [9.17, 15) is 9.59 Å². The summed E-state index contributed by atoms with van der Waals surface area (Å²) in [6.45, 7) is 0.798. The monoisotopic (exact) mass is 325 g/mol. The minimum absolute atomic E-state index is 0.125. The van der Waals surface area contributed by atoms with Crippen molar-refractivity contribution in [1.82, 2.24) is 10.3 Å². The fourth-order valence-electron chi connectivity index (χ4n) is 2.95. The molecule has 0 spiro atoms. The molecule has 6 heteroatoms. The highest BCUT2D eigenvalue weighted by Crippen LogP contribution is 2.28. The zero-order valence-electron chi connectivity index (χ0n) is 13.4. The molecule has 1 amide bonds. The van der Waals surface area contributed by atoms with Crippen LogP contribution in [0.4, 0.5) is 5.82 Å². The van der Waals surface area contributed by atoms with Gasteiger partial charge in [0.2, 0.25) is 5.91 Å². The molecule has 2 N–H and O–H groups in total. The van der Waals surface area contributed by atoms with E-state index in [0.29, 0.717) is 11.4 Å². The predicted molar refractivity (Wildman–Crippen MR) is 89.8 cm³/mol. The van der Waals surface area contributed by atoms with Crippen LogP contribution in [0.25, 0.3) is 0 Å². The van der Waals surface area contributed by atoms with Crippen molar-refractivity contribution in [2.45, 2.75) is 18.4 Å². The largest absolute Gasteiger partial charge is 0.465 e. The first kappa shape index (κ1) is 16.1. The molecule has 1 aromatic heterocycles. The molecule has 2 heterocycles. The number of pyridine rings is 1. The molecule has 124 valence electrons. The second kappa shape index (κ2) is 7.23. The molecular weight excluding hydrogens is 306 g/mol. The van der Waals surface area contributed by atoms with Gasteiger partial charge in [-0.25, -0.2) is 9.78 Å². The fraction of sp³-hybridized carbons (Fsp3) is 0.278. The SMILES string of the molecule is COC(=O)c1ccc(NC(=O)[C@H]2NCC[C@@H]2c2ccccc2)nc1. The molecule has 24 heavy (non-hydrogen) atoms. The Morgan fingerprint density at radius 3 is 2.67 bits per heavy atom. The number of aromatic nitrogens is 1. The number of carbonyl (C=O) groups is 2. The minimum atomic E-state index is -0.457. The van der Waals surface area contributed by atoms with Crippen molar-refractivity contribution in [2.24, 2.45) is 0 Å². The normalized spacial score (nSPS) is 19.7. The van der Waals surface area contributed by atoms with Gasteiger partial charge in [0.15, 0.2) is 0 Å². The van der Waals surface area contributed by atoms with Crippen molar-refractivity contribution >= 4 is 17.7 Å². The molecule has 1 fully saturated rings.